The summed E-state index contributed by atoms with van der Waals surface area (Å²) >= 11 is 6.84. The van der Waals surface area contributed by atoms with Crippen LogP contribution in [0, 0.1) is 22.7 Å². The number of carboxylic acids is 1. The van der Waals surface area contributed by atoms with Crippen LogP contribution in [0.15, 0.2) is 61.1 Å². The van der Waals surface area contributed by atoms with Gasteiger partial charge in [0.05, 0.1) is 35.8 Å². The van der Waals surface area contributed by atoms with Gasteiger partial charge in [-0.05, 0) is 56.2 Å². The average molecular weight is 574 g/mol. The zero-order valence-electron chi connectivity index (χ0n) is 21.9. The monoisotopic (exact) mass is 573 g/mol. The van der Waals surface area contributed by atoms with Gasteiger partial charge in [0.2, 0.25) is 0 Å². The van der Waals surface area contributed by atoms with Crippen molar-refractivity contribution in [2.24, 2.45) is 0 Å². The van der Waals surface area contributed by atoms with E-state index in [0.29, 0.717) is 28.4 Å². The fourth-order valence-corrected chi connectivity index (χ4v) is 5.15. The van der Waals surface area contributed by atoms with E-state index in [1.54, 1.807) is 69.7 Å². The van der Waals surface area contributed by atoms with E-state index >= 15 is 0 Å². The van der Waals surface area contributed by atoms with Crippen LogP contribution < -0.4 is 4.90 Å². The molecule has 0 saturated carbocycles. The second-order valence-corrected chi connectivity index (χ2v) is 11.3. The second kappa shape index (κ2) is 11.6. The second-order valence-electron chi connectivity index (χ2n) is 9.82. The summed E-state index contributed by atoms with van der Waals surface area (Å²) in [5, 5.41) is 29.8. The number of carboxylic acid groups (broad SMARTS) is 1. The van der Waals surface area contributed by atoms with Crippen LogP contribution in [0.3, 0.4) is 0 Å². The van der Waals surface area contributed by atoms with Gasteiger partial charge in [0.1, 0.15) is 21.5 Å². The molecule has 0 fully saturated rings. The summed E-state index contributed by atoms with van der Waals surface area (Å²) in [7, 11) is 0. The van der Waals surface area contributed by atoms with Gasteiger partial charge in [-0.15, -0.1) is 11.3 Å². The van der Waals surface area contributed by atoms with Crippen LogP contribution in [-0.4, -0.2) is 32.3 Å². The summed E-state index contributed by atoms with van der Waals surface area (Å²) < 4.78 is 7.46. The molecule has 2 aromatic carbocycles. The van der Waals surface area contributed by atoms with Crippen molar-refractivity contribution in [3.05, 3.63) is 93.3 Å². The van der Waals surface area contributed by atoms with Crippen LogP contribution in [-0.2, 0) is 17.8 Å². The minimum atomic E-state index is -1.23. The Labute approximate surface area is 240 Å². The average Bonchev–Trinajstić information content (AvgIpc) is 3.51. The third-order valence-electron chi connectivity index (χ3n) is 5.64. The number of aromatic nitrogens is 2. The van der Waals surface area contributed by atoms with E-state index in [9.17, 15) is 20.0 Å². The molecule has 202 valence electrons. The highest BCUT2D eigenvalue weighted by Gasteiger charge is 2.32. The molecule has 0 aliphatic heterocycles. The molecule has 40 heavy (non-hydrogen) atoms. The van der Waals surface area contributed by atoms with Crippen LogP contribution in [0.1, 0.15) is 52.8 Å². The number of rotatable bonds is 7. The molecular formula is C29H24ClN5O4S. The number of thiophene rings is 1. The standard InChI is InChI=1S/C29H24ClN5O4S/c1-29(2,3)39-28(38)35(16-22-15-34(17-33-22)14-19-6-4-18(12-31)5-7-19)26-23(13-32)24(25(40-26)27(36)37)20-8-10-21(30)11-9-20/h4-11,15,17H,14,16H2,1-3H3,(H,36,37). The molecule has 0 spiro atoms. The maximum atomic E-state index is 13.4. The van der Waals surface area contributed by atoms with E-state index < -0.39 is 17.7 Å². The smallest absolute Gasteiger partial charge is 0.415 e. The van der Waals surface area contributed by atoms with E-state index in [2.05, 4.69) is 17.1 Å². The van der Waals surface area contributed by atoms with Crippen LogP contribution >= 0.6 is 22.9 Å². The molecule has 0 aliphatic rings. The number of hydrogen-bond acceptors (Lipinski definition) is 7. The lowest BCUT2D eigenvalue weighted by Crippen LogP contribution is -2.36. The van der Waals surface area contributed by atoms with Gasteiger partial charge in [-0.25, -0.2) is 14.6 Å². The van der Waals surface area contributed by atoms with Crippen molar-refractivity contribution in [2.45, 2.75) is 39.5 Å². The van der Waals surface area contributed by atoms with E-state index in [-0.39, 0.29) is 27.5 Å². The highest BCUT2D eigenvalue weighted by atomic mass is 35.5. The molecule has 0 aliphatic carbocycles. The summed E-state index contributed by atoms with van der Waals surface area (Å²) in [6.07, 6.45) is 2.63. The first-order valence-electron chi connectivity index (χ1n) is 12.1. The first-order chi connectivity index (χ1) is 19.0. The largest absolute Gasteiger partial charge is 0.477 e. The maximum Gasteiger partial charge on any atom is 0.415 e. The molecule has 2 heterocycles. The van der Waals surface area contributed by atoms with Crippen molar-refractivity contribution in [1.29, 1.82) is 10.5 Å². The van der Waals surface area contributed by atoms with E-state index in [4.69, 9.17) is 21.6 Å². The number of benzene rings is 2. The van der Waals surface area contributed by atoms with Crippen LogP contribution in [0.5, 0.6) is 0 Å². The lowest BCUT2D eigenvalue weighted by atomic mass is 10.0. The molecule has 0 bridgehead atoms. The number of ether oxygens (including phenoxy) is 1. The number of nitrogens with zero attached hydrogens (tertiary/aromatic N) is 5. The number of carbonyl (C=O) groups excluding carboxylic acids is 1. The Morgan fingerprint density at radius 2 is 1.77 bits per heavy atom. The van der Waals surface area contributed by atoms with Gasteiger partial charge in [0.15, 0.2) is 0 Å². The highest BCUT2D eigenvalue weighted by molar-refractivity contribution is 7.19. The minimum Gasteiger partial charge on any atom is -0.477 e. The summed E-state index contributed by atoms with van der Waals surface area (Å²) in [6, 6.07) is 17.8. The molecule has 0 atom stereocenters. The third-order valence-corrected chi connectivity index (χ3v) is 7.10. The number of amides is 1. The fraction of sp³-hybridized carbons (Fsp3) is 0.207. The number of halogens is 1. The Hall–Kier alpha value is -4.64. The third kappa shape index (κ3) is 6.49. The van der Waals surface area contributed by atoms with Crippen LogP contribution in [0.4, 0.5) is 9.80 Å². The summed E-state index contributed by atoms with van der Waals surface area (Å²) in [5.41, 5.74) is 1.89. The summed E-state index contributed by atoms with van der Waals surface area (Å²) in [6.45, 7) is 5.57. The topological polar surface area (TPSA) is 132 Å². The van der Waals surface area contributed by atoms with Crippen molar-refractivity contribution in [3.63, 3.8) is 0 Å². The molecule has 1 amide bonds. The van der Waals surface area contributed by atoms with Crippen molar-refractivity contribution in [3.8, 4) is 23.3 Å². The van der Waals surface area contributed by atoms with Crippen molar-refractivity contribution in [1.82, 2.24) is 9.55 Å². The summed E-state index contributed by atoms with van der Waals surface area (Å²) in [4.78, 5) is 31.3. The number of carbonyl (C=O) groups is 2. The van der Waals surface area contributed by atoms with Crippen molar-refractivity contribution < 1.29 is 19.4 Å². The summed E-state index contributed by atoms with van der Waals surface area (Å²) in [5.74, 6) is -1.23. The molecule has 11 heteroatoms. The Bertz CT molecular complexity index is 1640. The molecule has 0 radical (unpaired) electrons. The molecule has 4 rings (SSSR count). The lowest BCUT2D eigenvalue weighted by Gasteiger charge is -2.26. The quantitative estimate of drug-likeness (QED) is 0.260. The predicted molar refractivity (Wildman–Crippen MR) is 151 cm³/mol. The highest BCUT2D eigenvalue weighted by Crippen LogP contribution is 2.43. The Morgan fingerprint density at radius 3 is 2.35 bits per heavy atom. The molecule has 0 unspecified atom stereocenters. The number of nitriles is 2. The molecule has 0 saturated heterocycles. The number of imidazole rings is 1. The zero-order chi connectivity index (χ0) is 29.0. The predicted octanol–water partition coefficient (Wildman–Crippen LogP) is 6.70. The van der Waals surface area contributed by atoms with Gasteiger partial charge in [0, 0.05) is 23.3 Å². The van der Waals surface area contributed by atoms with E-state index in [1.165, 1.54) is 4.90 Å². The van der Waals surface area contributed by atoms with Crippen molar-refractivity contribution in [2.75, 3.05) is 4.90 Å². The van der Waals surface area contributed by atoms with Gasteiger partial charge < -0.3 is 14.4 Å². The Kier molecular flexibility index (Phi) is 8.24. The van der Waals surface area contributed by atoms with Crippen molar-refractivity contribution >= 4 is 40.0 Å². The van der Waals surface area contributed by atoms with E-state index in [0.717, 1.165) is 16.9 Å². The molecule has 9 nitrogen and oxygen atoms in total. The Morgan fingerprint density at radius 1 is 1.10 bits per heavy atom. The molecule has 4 aromatic rings. The molecule has 1 N–H and O–H groups in total. The van der Waals surface area contributed by atoms with Gasteiger partial charge in [0.25, 0.3) is 0 Å². The molecular weight excluding hydrogens is 550 g/mol. The minimum absolute atomic E-state index is 0.0348. The maximum absolute atomic E-state index is 13.4. The van der Waals surface area contributed by atoms with Gasteiger partial charge in [-0.3, -0.25) is 4.90 Å². The number of aromatic carboxylic acids is 1. The first-order valence-corrected chi connectivity index (χ1v) is 13.2. The van der Waals surface area contributed by atoms with Crippen LogP contribution in [0.25, 0.3) is 11.1 Å². The lowest BCUT2D eigenvalue weighted by molar-refractivity contribution is 0.0577. The van der Waals surface area contributed by atoms with Gasteiger partial charge in [-0.1, -0.05) is 35.9 Å². The van der Waals surface area contributed by atoms with Gasteiger partial charge in [-0.2, -0.15) is 10.5 Å². The Balaban J connectivity index is 1.74. The SMILES string of the molecule is CC(C)(C)OC(=O)N(Cc1cn(Cc2ccc(C#N)cc2)cn1)c1sc(C(=O)O)c(-c2ccc(Cl)cc2)c1C#N. The number of anilines is 1. The zero-order valence-corrected chi connectivity index (χ0v) is 23.5. The van der Waals surface area contributed by atoms with Gasteiger partial charge >= 0.3 is 12.1 Å². The first kappa shape index (κ1) is 28.4. The fourth-order valence-electron chi connectivity index (χ4n) is 3.92. The molecule has 2 aromatic heterocycles. The number of hydrogen-bond donors (Lipinski definition) is 1. The van der Waals surface area contributed by atoms with E-state index in [1.807, 2.05) is 16.7 Å². The van der Waals surface area contributed by atoms with Crippen LogP contribution in [0.2, 0.25) is 5.02 Å². The normalized spacial score (nSPS) is 10.9.